The quantitative estimate of drug-likeness (QED) is 0.323. The molecular formula is C24H25Cl2N3OS. The van der Waals surface area contributed by atoms with E-state index in [0.29, 0.717) is 22.3 Å². The molecule has 0 N–H and O–H groups in total. The first-order valence-corrected chi connectivity index (χ1v) is 11.1. The Labute approximate surface area is 197 Å². The van der Waals surface area contributed by atoms with Crippen LogP contribution in [0.1, 0.15) is 22.3 Å². The van der Waals surface area contributed by atoms with E-state index >= 15 is 0 Å². The third-order valence-corrected chi connectivity index (χ3v) is 6.37. The SMILES string of the molecule is Cc1cc(Cl)cc2sc(N(CCCN(C)C)C(=O)c3cccc4ccccc34)nc12.Cl. The van der Waals surface area contributed by atoms with Crippen molar-refractivity contribution in [1.29, 1.82) is 0 Å². The van der Waals surface area contributed by atoms with E-state index < -0.39 is 0 Å². The summed E-state index contributed by atoms with van der Waals surface area (Å²) < 4.78 is 0.998. The molecule has 0 aliphatic rings. The molecule has 0 saturated heterocycles. The van der Waals surface area contributed by atoms with E-state index in [4.69, 9.17) is 16.6 Å². The van der Waals surface area contributed by atoms with Crippen molar-refractivity contribution in [3.05, 3.63) is 70.7 Å². The third-order valence-electron chi connectivity index (χ3n) is 5.12. The molecule has 0 unspecified atom stereocenters. The van der Waals surface area contributed by atoms with Crippen molar-refractivity contribution in [3.8, 4) is 0 Å². The molecule has 162 valence electrons. The summed E-state index contributed by atoms with van der Waals surface area (Å²) in [6.07, 6.45) is 0.860. The number of carbonyl (C=O) groups is 1. The molecule has 4 nitrogen and oxygen atoms in total. The fourth-order valence-electron chi connectivity index (χ4n) is 3.64. The smallest absolute Gasteiger partial charge is 0.260 e. The van der Waals surface area contributed by atoms with Crippen LogP contribution in [0.2, 0.25) is 5.02 Å². The molecule has 1 aromatic heterocycles. The zero-order valence-corrected chi connectivity index (χ0v) is 20.2. The van der Waals surface area contributed by atoms with Crippen LogP contribution in [0.5, 0.6) is 0 Å². The van der Waals surface area contributed by atoms with Gasteiger partial charge < -0.3 is 4.90 Å². The number of hydrogen-bond donors (Lipinski definition) is 0. The van der Waals surface area contributed by atoms with E-state index in [1.54, 1.807) is 0 Å². The van der Waals surface area contributed by atoms with E-state index in [1.807, 2.05) is 80.5 Å². The van der Waals surface area contributed by atoms with E-state index in [2.05, 4.69) is 4.90 Å². The molecule has 31 heavy (non-hydrogen) atoms. The largest absolute Gasteiger partial charge is 0.309 e. The van der Waals surface area contributed by atoms with Gasteiger partial charge in [-0.25, -0.2) is 4.98 Å². The predicted octanol–water partition coefficient (Wildman–Crippen LogP) is 6.43. The highest BCUT2D eigenvalue weighted by atomic mass is 35.5. The lowest BCUT2D eigenvalue weighted by atomic mass is 10.0. The van der Waals surface area contributed by atoms with Crippen LogP contribution in [0.3, 0.4) is 0 Å². The van der Waals surface area contributed by atoms with Crippen molar-refractivity contribution in [1.82, 2.24) is 9.88 Å². The minimum absolute atomic E-state index is 0. The number of anilines is 1. The van der Waals surface area contributed by atoms with Crippen LogP contribution in [0.15, 0.2) is 54.6 Å². The Bertz CT molecular complexity index is 1220. The van der Waals surface area contributed by atoms with Gasteiger partial charge in [0.2, 0.25) is 0 Å². The number of benzene rings is 3. The van der Waals surface area contributed by atoms with Crippen LogP contribution in [0.4, 0.5) is 5.13 Å². The van der Waals surface area contributed by atoms with Crippen molar-refractivity contribution in [2.24, 2.45) is 0 Å². The van der Waals surface area contributed by atoms with Gasteiger partial charge in [-0.05, 0) is 68.5 Å². The Kier molecular flexibility index (Phi) is 7.55. The number of aryl methyl sites for hydroxylation is 1. The van der Waals surface area contributed by atoms with Gasteiger partial charge in [-0.2, -0.15) is 0 Å². The summed E-state index contributed by atoms with van der Waals surface area (Å²) in [6, 6.07) is 17.7. The molecule has 7 heteroatoms. The molecule has 4 aromatic rings. The van der Waals surface area contributed by atoms with E-state index in [9.17, 15) is 4.79 Å². The average molecular weight is 474 g/mol. The molecule has 0 radical (unpaired) electrons. The van der Waals surface area contributed by atoms with Crippen LogP contribution in [-0.2, 0) is 0 Å². The van der Waals surface area contributed by atoms with Crippen LogP contribution in [0.25, 0.3) is 21.0 Å². The van der Waals surface area contributed by atoms with Gasteiger partial charge in [0.25, 0.3) is 5.91 Å². The maximum atomic E-state index is 13.7. The second-order valence-electron chi connectivity index (χ2n) is 7.71. The van der Waals surface area contributed by atoms with Crippen LogP contribution in [-0.4, -0.2) is 43.0 Å². The van der Waals surface area contributed by atoms with Gasteiger partial charge in [-0.1, -0.05) is 59.3 Å². The monoisotopic (exact) mass is 473 g/mol. The van der Waals surface area contributed by atoms with E-state index in [1.165, 1.54) is 11.3 Å². The number of halogens is 2. The lowest BCUT2D eigenvalue weighted by molar-refractivity contribution is 0.0987. The zero-order valence-electron chi connectivity index (χ0n) is 17.8. The number of nitrogens with zero attached hydrogens (tertiary/aromatic N) is 3. The third kappa shape index (κ3) is 5.01. The molecule has 0 bridgehead atoms. The van der Waals surface area contributed by atoms with Gasteiger partial charge in [-0.15, -0.1) is 12.4 Å². The Balaban J connectivity index is 0.00000272. The average Bonchev–Trinajstić information content (AvgIpc) is 3.14. The first-order valence-electron chi connectivity index (χ1n) is 9.95. The topological polar surface area (TPSA) is 36.4 Å². The van der Waals surface area contributed by atoms with Crippen molar-refractivity contribution in [2.75, 3.05) is 32.1 Å². The number of aromatic nitrogens is 1. The van der Waals surface area contributed by atoms with Gasteiger partial charge in [0.05, 0.1) is 10.2 Å². The van der Waals surface area contributed by atoms with Crippen molar-refractivity contribution >= 4 is 67.4 Å². The maximum absolute atomic E-state index is 13.7. The van der Waals surface area contributed by atoms with E-state index in [-0.39, 0.29) is 18.3 Å². The summed E-state index contributed by atoms with van der Waals surface area (Å²) in [5.41, 5.74) is 2.63. The number of fused-ring (bicyclic) bond motifs is 2. The molecule has 3 aromatic carbocycles. The first kappa shape index (κ1) is 23.5. The Morgan fingerprint density at radius 3 is 2.58 bits per heavy atom. The van der Waals surface area contributed by atoms with Crippen molar-refractivity contribution in [2.45, 2.75) is 13.3 Å². The van der Waals surface area contributed by atoms with Crippen molar-refractivity contribution in [3.63, 3.8) is 0 Å². The summed E-state index contributed by atoms with van der Waals surface area (Å²) in [5, 5.41) is 3.42. The second kappa shape index (κ2) is 9.96. The number of amides is 1. The van der Waals surface area contributed by atoms with Gasteiger partial charge in [0.1, 0.15) is 0 Å². The molecule has 4 rings (SSSR count). The lowest BCUT2D eigenvalue weighted by Gasteiger charge is -2.22. The fourth-order valence-corrected chi connectivity index (χ4v) is 5.09. The summed E-state index contributed by atoms with van der Waals surface area (Å²) in [4.78, 5) is 22.5. The summed E-state index contributed by atoms with van der Waals surface area (Å²) in [6.45, 7) is 3.50. The molecule has 0 fully saturated rings. The number of thiazole rings is 1. The first-order chi connectivity index (χ1) is 14.4. The zero-order chi connectivity index (χ0) is 21.3. The molecule has 1 amide bonds. The Morgan fingerprint density at radius 1 is 1.06 bits per heavy atom. The van der Waals surface area contributed by atoms with Gasteiger partial charge in [0.15, 0.2) is 5.13 Å². The molecule has 0 aliphatic carbocycles. The predicted molar refractivity (Wildman–Crippen MR) is 135 cm³/mol. The summed E-state index contributed by atoms with van der Waals surface area (Å²) in [5.74, 6) is -0.0200. The van der Waals surface area contributed by atoms with Crippen molar-refractivity contribution < 1.29 is 4.79 Å². The highest BCUT2D eigenvalue weighted by molar-refractivity contribution is 7.22. The Hall–Kier alpha value is -2.18. The molecule has 0 saturated carbocycles. The number of hydrogen-bond acceptors (Lipinski definition) is 4. The van der Waals surface area contributed by atoms with Crippen LogP contribution >= 0.6 is 35.3 Å². The van der Waals surface area contributed by atoms with Gasteiger partial charge in [0, 0.05) is 17.1 Å². The molecule has 0 aliphatic heterocycles. The number of carbonyl (C=O) groups excluding carboxylic acids is 1. The second-order valence-corrected chi connectivity index (χ2v) is 9.15. The van der Waals surface area contributed by atoms with Gasteiger partial charge in [-0.3, -0.25) is 9.69 Å². The highest BCUT2D eigenvalue weighted by Crippen LogP contribution is 2.34. The van der Waals surface area contributed by atoms with Crippen LogP contribution in [0, 0.1) is 6.92 Å². The molecule has 1 heterocycles. The lowest BCUT2D eigenvalue weighted by Crippen LogP contribution is -2.33. The number of rotatable bonds is 6. The summed E-state index contributed by atoms with van der Waals surface area (Å²) in [7, 11) is 4.08. The normalized spacial score (nSPS) is 11.1. The minimum atomic E-state index is -0.0200. The summed E-state index contributed by atoms with van der Waals surface area (Å²) >= 11 is 7.76. The van der Waals surface area contributed by atoms with E-state index in [0.717, 1.165) is 39.5 Å². The van der Waals surface area contributed by atoms with Gasteiger partial charge >= 0.3 is 0 Å². The Morgan fingerprint density at radius 2 is 1.81 bits per heavy atom. The highest BCUT2D eigenvalue weighted by Gasteiger charge is 2.23. The fraction of sp³-hybridized carbons (Fsp3) is 0.250. The standard InChI is InChI=1S/C24H24ClN3OS.ClH/c1-16-14-18(25)15-21-22(16)26-24(30-21)28(13-7-12-27(2)3)23(29)20-11-6-9-17-8-4-5-10-19(17)20;/h4-6,8-11,14-15H,7,12-13H2,1-3H3;1H. The molecule has 0 atom stereocenters. The van der Waals surface area contributed by atoms with Crippen LogP contribution < -0.4 is 4.90 Å². The minimum Gasteiger partial charge on any atom is -0.309 e. The molecular weight excluding hydrogens is 449 g/mol. The molecule has 0 spiro atoms. The maximum Gasteiger partial charge on any atom is 0.260 e.